The number of nitrogens with one attached hydrogen (secondary N) is 2. The molecular weight excluding hydrogens is 214 g/mol. The molecule has 0 unspecified atom stereocenters. The van der Waals surface area contributed by atoms with Crippen molar-refractivity contribution in [2.75, 3.05) is 12.4 Å². The van der Waals surface area contributed by atoms with E-state index < -0.39 is 0 Å². The summed E-state index contributed by atoms with van der Waals surface area (Å²) in [6.07, 6.45) is 0. The van der Waals surface area contributed by atoms with Crippen LogP contribution in [0.4, 0.5) is 5.69 Å². The lowest BCUT2D eigenvalue weighted by Gasteiger charge is -2.04. The Morgan fingerprint density at radius 3 is 2.76 bits per heavy atom. The molecule has 1 aromatic carbocycles. The summed E-state index contributed by atoms with van der Waals surface area (Å²) in [6, 6.07) is 12.8. The van der Waals surface area contributed by atoms with Crippen molar-refractivity contribution in [3.63, 3.8) is 0 Å². The van der Waals surface area contributed by atoms with Crippen LogP contribution in [0.15, 0.2) is 41.2 Å². The van der Waals surface area contributed by atoms with E-state index in [9.17, 15) is 4.79 Å². The first-order valence-electron chi connectivity index (χ1n) is 5.16. The molecule has 0 atom stereocenters. The highest BCUT2D eigenvalue weighted by molar-refractivity contribution is 5.65. The second-order valence-corrected chi connectivity index (χ2v) is 3.56. The number of rotatable bonds is 2. The van der Waals surface area contributed by atoms with Gasteiger partial charge in [0.1, 0.15) is 11.6 Å². The number of nitriles is 1. The van der Waals surface area contributed by atoms with Crippen LogP contribution in [-0.4, -0.2) is 12.0 Å². The van der Waals surface area contributed by atoms with Gasteiger partial charge in [-0.15, -0.1) is 0 Å². The zero-order valence-electron chi connectivity index (χ0n) is 9.32. The van der Waals surface area contributed by atoms with Crippen molar-refractivity contribution in [1.29, 1.82) is 5.26 Å². The summed E-state index contributed by atoms with van der Waals surface area (Å²) < 4.78 is 0. The van der Waals surface area contributed by atoms with Gasteiger partial charge in [-0.25, -0.2) is 0 Å². The molecule has 0 saturated carbocycles. The van der Waals surface area contributed by atoms with Gasteiger partial charge < -0.3 is 10.3 Å². The average Bonchev–Trinajstić information content (AvgIpc) is 2.38. The molecule has 4 nitrogen and oxygen atoms in total. The van der Waals surface area contributed by atoms with Gasteiger partial charge in [0, 0.05) is 24.0 Å². The third-order valence-corrected chi connectivity index (χ3v) is 2.49. The topological polar surface area (TPSA) is 68.7 Å². The second-order valence-electron chi connectivity index (χ2n) is 3.56. The van der Waals surface area contributed by atoms with Gasteiger partial charge in [0.25, 0.3) is 5.56 Å². The van der Waals surface area contributed by atoms with Crippen LogP contribution in [0.3, 0.4) is 0 Å². The molecule has 0 aliphatic heterocycles. The van der Waals surface area contributed by atoms with E-state index >= 15 is 0 Å². The molecular formula is C13H11N3O. The molecule has 2 N–H and O–H groups in total. The van der Waals surface area contributed by atoms with Crippen LogP contribution in [0, 0.1) is 11.3 Å². The third-order valence-electron chi connectivity index (χ3n) is 2.49. The first-order chi connectivity index (χ1) is 8.24. The molecule has 0 saturated heterocycles. The van der Waals surface area contributed by atoms with E-state index in [0.29, 0.717) is 5.69 Å². The normalized spacial score (nSPS) is 9.65. The molecule has 2 aromatic rings. The molecule has 0 spiro atoms. The van der Waals surface area contributed by atoms with Crippen LogP contribution in [0.5, 0.6) is 0 Å². The zero-order chi connectivity index (χ0) is 12.3. The minimum atomic E-state index is -0.361. The molecule has 4 heteroatoms. The fraction of sp³-hybridized carbons (Fsp3) is 0.0769. The molecule has 0 aliphatic rings. The van der Waals surface area contributed by atoms with E-state index in [1.54, 1.807) is 6.07 Å². The van der Waals surface area contributed by atoms with Crippen molar-refractivity contribution in [1.82, 2.24) is 4.98 Å². The van der Waals surface area contributed by atoms with Gasteiger partial charge in [0.15, 0.2) is 0 Å². The van der Waals surface area contributed by atoms with Gasteiger partial charge in [-0.1, -0.05) is 12.1 Å². The largest absolute Gasteiger partial charge is 0.388 e. The Bertz CT molecular complexity index is 638. The minimum absolute atomic E-state index is 0.124. The maximum atomic E-state index is 11.5. The summed E-state index contributed by atoms with van der Waals surface area (Å²) >= 11 is 0. The Morgan fingerprint density at radius 1 is 1.29 bits per heavy atom. The first-order valence-corrected chi connectivity index (χ1v) is 5.16. The zero-order valence-corrected chi connectivity index (χ0v) is 9.32. The van der Waals surface area contributed by atoms with Crippen LogP contribution in [0.1, 0.15) is 5.56 Å². The van der Waals surface area contributed by atoms with Crippen molar-refractivity contribution in [2.24, 2.45) is 0 Å². The number of hydrogen-bond acceptors (Lipinski definition) is 3. The van der Waals surface area contributed by atoms with Gasteiger partial charge in [-0.2, -0.15) is 5.26 Å². The second kappa shape index (κ2) is 4.54. The highest BCUT2D eigenvalue weighted by atomic mass is 16.1. The summed E-state index contributed by atoms with van der Waals surface area (Å²) in [4.78, 5) is 14.2. The fourth-order valence-electron chi connectivity index (χ4n) is 1.57. The van der Waals surface area contributed by atoms with Gasteiger partial charge in [0.05, 0.1) is 0 Å². The summed E-state index contributed by atoms with van der Waals surface area (Å²) in [5.41, 5.74) is 2.33. The molecule has 1 aromatic heterocycles. The molecule has 0 aliphatic carbocycles. The van der Waals surface area contributed by atoms with Gasteiger partial charge in [0.2, 0.25) is 0 Å². The van der Waals surface area contributed by atoms with Crippen LogP contribution in [0.25, 0.3) is 11.3 Å². The summed E-state index contributed by atoms with van der Waals surface area (Å²) in [5.74, 6) is 0. The number of pyridine rings is 1. The lowest BCUT2D eigenvalue weighted by atomic mass is 10.1. The van der Waals surface area contributed by atoms with Crippen LogP contribution in [0.2, 0.25) is 0 Å². The maximum absolute atomic E-state index is 11.5. The third kappa shape index (κ3) is 2.18. The first kappa shape index (κ1) is 11.0. The highest BCUT2D eigenvalue weighted by Gasteiger charge is 2.02. The summed E-state index contributed by atoms with van der Waals surface area (Å²) in [6.45, 7) is 0. The van der Waals surface area contributed by atoms with Crippen molar-refractivity contribution >= 4 is 5.69 Å². The monoisotopic (exact) mass is 225 g/mol. The SMILES string of the molecule is CNc1cccc(-c2ccc(C#N)c(=O)[nH]2)c1. The lowest BCUT2D eigenvalue weighted by Crippen LogP contribution is -2.10. The lowest BCUT2D eigenvalue weighted by molar-refractivity contribution is 1.22. The van der Waals surface area contributed by atoms with Gasteiger partial charge in [-0.05, 0) is 24.3 Å². The molecule has 2 rings (SSSR count). The molecule has 0 amide bonds. The van der Waals surface area contributed by atoms with Crippen LogP contribution in [-0.2, 0) is 0 Å². The van der Waals surface area contributed by atoms with Crippen molar-refractivity contribution < 1.29 is 0 Å². The predicted octanol–water partition coefficient (Wildman–Crippen LogP) is 1.96. The van der Waals surface area contributed by atoms with E-state index in [1.807, 2.05) is 37.4 Å². The average molecular weight is 225 g/mol. The number of hydrogen-bond donors (Lipinski definition) is 2. The Hall–Kier alpha value is -2.54. The number of anilines is 1. The molecule has 1 heterocycles. The molecule has 84 valence electrons. The quantitative estimate of drug-likeness (QED) is 0.820. The molecule has 0 radical (unpaired) electrons. The van der Waals surface area contributed by atoms with E-state index in [-0.39, 0.29) is 11.1 Å². The highest BCUT2D eigenvalue weighted by Crippen LogP contribution is 2.19. The van der Waals surface area contributed by atoms with Crippen LogP contribution >= 0.6 is 0 Å². The predicted molar refractivity (Wildman–Crippen MR) is 66.8 cm³/mol. The summed E-state index contributed by atoms with van der Waals surface area (Å²) in [7, 11) is 1.83. The Labute approximate surface area is 98.5 Å². The van der Waals surface area contributed by atoms with E-state index in [0.717, 1.165) is 11.3 Å². The van der Waals surface area contributed by atoms with E-state index in [1.165, 1.54) is 6.07 Å². The van der Waals surface area contributed by atoms with E-state index in [4.69, 9.17) is 5.26 Å². The maximum Gasteiger partial charge on any atom is 0.266 e. The van der Waals surface area contributed by atoms with Crippen LogP contribution < -0.4 is 10.9 Å². The number of H-pyrrole nitrogens is 1. The summed E-state index contributed by atoms with van der Waals surface area (Å²) in [5, 5.41) is 11.7. The fourth-order valence-corrected chi connectivity index (χ4v) is 1.57. The smallest absolute Gasteiger partial charge is 0.266 e. The van der Waals surface area contributed by atoms with Crippen molar-refractivity contribution in [3.8, 4) is 17.3 Å². The van der Waals surface area contributed by atoms with Crippen molar-refractivity contribution in [2.45, 2.75) is 0 Å². The number of nitrogens with zero attached hydrogens (tertiary/aromatic N) is 1. The Kier molecular flexibility index (Phi) is 2.93. The van der Waals surface area contributed by atoms with Gasteiger partial charge >= 0.3 is 0 Å². The standard InChI is InChI=1S/C13H11N3O/c1-15-11-4-2-3-9(7-11)12-6-5-10(8-14)13(17)16-12/h2-7,15H,1H3,(H,16,17). The number of aromatic amines is 1. The van der Waals surface area contributed by atoms with E-state index in [2.05, 4.69) is 10.3 Å². The molecule has 0 bridgehead atoms. The van der Waals surface area contributed by atoms with Crippen molar-refractivity contribution in [3.05, 3.63) is 52.3 Å². The molecule has 0 fully saturated rings. The van der Waals surface area contributed by atoms with Gasteiger partial charge in [-0.3, -0.25) is 4.79 Å². The molecule has 17 heavy (non-hydrogen) atoms. The number of aromatic nitrogens is 1. The minimum Gasteiger partial charge on any atom is -0.388 e. The Balaban J connectivity index is 2.50. The Morgan fingerprint density at radius 2 is 2.12 bits per heavy atom. The number of benzene rings is 1.